The van der Waals surface area contributed by atoms with Crippen LogP contribution in [0.4, 0.5) is 14.9 Å². The van der Waals surface area contributed by atoms with Crippen molar-refractivity contribution in [3.8, 4) is 11.5 Å². The number of hydrogen-bond acceptors (Lipinski definition) is 5. The highest BCUT2D eigenvalue weighted by Crippen LogP contribution is 2.36. The number of benzene rings is 4. The largest absolute Gasteiger partial charge is 0.489 e. The van der Waals surface area contributed by atoms with Crippen LogP contribution in [0.25, 0.3) is 6.08 Å². The van der Waals surface area contributed by atoms with Gasteiger partial charge in [0.25, 0.3) is 11.8 Å². The zero-order valence-corrected chi connectivity index (χ0v) is 24.4. The van der Waals surface area contributed by atoms with Gasteiger partial charge in [0.2, 0.25) is 0 Å². The van der Waals surface area contributed by atoms with Gasteiger partial charge < -0.3 is 9.47 Å². The van der Waals surface area contributed by atoms with E-state index in [0.29, 0.717) is 38.2 Å². The van der Waals surface area contributed by atoms with E-state index in [2.05, 4.69) is 37.2 Å². The third kappa shape index (κ3) is 6.72. The molecular formula is C31H21Br2FN2O5. The average Bonchev–Trinajstić information content (AvgIpc) is 2.95. The van der Waals surface area contributed by atoms with Gasteiger partial charge in [-0.15, -0.1) is 0 Å². The predicted octanol–water partition coefficient (Wildman–Crippen LogP) is 7.18. The van der Waals surface area contributed by atoms with Crippen LogP contribution < -0.4 is 19.7 Å². The van der Waals surface area contributed by atoms with Crippen molar-refractivity contribution in [2.45, 2.75) is 13.2 Å². The van der Waals surface area contributed by atoms with Crippen molar-refractivity contribution >= 4 is 61.5 Å². The van der Waals surface area contributed by atoms with E-state index in [9.17, 15) is 18.8 Å². The van der Waals surface area contributed by atoms with Gasteiger partial charge in [-0.1, -0.05) is 42.5 Å². The molecule has 1 fully saturated rings. The van der Waals surface area contributed by atoms with E-state index in [-0.39, 0.29) is 23.7 Å². The molecule has 1 saturated heterocycles. The fourth-order valence-corrected chi connectivity index (χ4v) is 5.52. The number of carbonyl (C=O) groups excluding carboxylic acids is 3. The van der Waals surface area contributed by atoms with Crippen molar-refractivity contribution < 1.29 is 28.2 Å². The molecule has 0 bridgehead atoms. The zero-order chi connectivity index (χ0) is 28.9. The number of rotatable bonds is 8. The highest BCUT2D eigenvalue weighted by Gasteiger charge is 2.36. The third-order valence-electron chi connectivity index (χ3n) is 6.05. The number of anilines is 1. The van der Waals surface area contributed by atoms with Crippen LogP contribution in [0.1, 0.15) is 16.7 Å². The molecule has 0 unspecified atom stereocenters. The molecule has 206 valence electrons. The summed E-state index contributed by atoms with van der Waals surface area (Å²) in [5.74, 6) is -0.916. The third-order valence-corrected chi connectivity index (χ3v) is 7.23. The number of nitrogens with one attached hydrogen (secondary N) is 1. The van der Waals surface area contributed by atoms with Crippen LogP contribution in [0.5, 0.6) is 11.5 Å². The van der Waals surface area contributed by atoms with Crippen LogP contribution in [-0.2, 0) is 22.8 Å². The van der Waals surface area contributed by atoms with E-state index >= 15 is 0 Å². The minimum Gasteiger partial charge on any atom is -0.489 e. The summed E-state index contributed by atoms with van der Waals surface area (Å²) in [6.45, 7) is 0.494. The molecule has 4 aromatic carbocycles. The molecule has 1 aliphatic rings. The van der Waals surface area contributed by atoms with Gasteiger partial charge in [-0.05, 0) is 103 Å². The lowest BCUT2D eigenvalue weighted by Gasteiger charge is -2.26. The Bertz CT molecular complexity index is 1640. The molecule has 0 aliphatic carbocycles. The van der Waals surface area contributed by atoms with Gasteiger partial charge in [-0.3, -0.25) is 14.9 Å². The van der Waals surface area contributed by atoms with E-state index in [1.165, 1.54) is 18.2 Å². The summed E-state index contributed by atoms with van der Waals surface area (Å²) in [6, 6.07) is 24.7. The highest BCUT2D eigenvalue weighted by atomic mass is 79.9. The van der Waals surface area contributed by atoms with Gasteiger partial charge in [0.1, 0.15) is 36.1 Å². The second-order valence-electron chi connectivity index (χ2n) is 8.96. The first kappa shape index (κ1) is 28.3. The Balaban J connectivity index is 1.32. The van der Waals surface area contributed by atoms with Gasteiger partial charge in [-0.2, -0.15) is 0 Å². The summed E-state index contributed by atoms with van der Waals surface area (Å²) < 4.78 is 26.2. The topological polar surface area (TPSA) is 84.9 Å². The monoisotopic (exact) mass is 678 g/mol. The number of amides is 4. The molecule has 10 heteroatoms. The Morgan fingerprint density at radius 3 is 2.12 bits per heavy atom. The minimum atomic E-state index is -0.849. The molecule has 4 amide bonds. The second kappa shape index (κ2) is 12.5. The molecule has 0 atom stereocenters. The SMILES string of the molecule is O=C1NC(=O)N(c2ccc(OCc3ccccc3)cc2)C(=O)/C1=C/c1cc(Br)c(OCc2cccc(F)c2)c(Br)c1. The van der Waals surface area contributed by atoms with Crippen LogP contribution >= 0.6 is 31.9 Å². The summed E-state index contributed by atoms with van der Waals surface area (Å²) >= 11 is 6.91. The lowest BCUT2D eigenvalue weighted by Crippen LogP contribution is -2.54. The maximum absolute atomic E-state index is 13.5. The first-order valence-corrected chi connectivity index (χ1v) is 13.9. The number of hydrogen-bond donors (Lipinski definition) is 1. The Morgan fingerprint density at radius 2 is 1.44 bits per heavy atom. The molecule has 0 spiro atoms. The van der Waals surface area contributed by atoms with E-state index in [0.717, 1.165) is 10.5 Å². The fourth-order valence-electron chi connectivity index (χ4n) is 4.07. The van der Waals surface area contributed by atoms with Crippen LogP contribution in [0.15, 0.2) is 106 Å². The Morgan fingerprint density at radius 1 is 0.780 bits per heavy atom. The zero-order valence-electron chi connectivity index (χ0n) is 21.3. The molecule has 0 aromatic heterocycles. The van der Waals surface area contributed by atoms with Crippen LogP contribution in [0, 0.1) is 5.82 Å². The van der Waals surface area contributed by atoms with Crippen LogP contribution in [0.3, 0.4) is 0 Å². The number of carbonyl (C=O) groups is 3. The van der Waals surface area contributed by atoms with Crippen molar-refractivity contribution in [1.29, 1.82) is 0 Å². The Hall–Kier alpha value is -4.28. The summed E-state index contributed by atoms with van der Waals surface area (Å²) in [6.07, 6.45) is 1.39. The average molecular weight is 680 g/mol. The van der Waals surface area contributed by atoms with Crippen molar-refractivity contribution in [3.63, 3.8) is 0 Å². The van der Waals surface area contributed by atoms with E-state index in [1.54, 1.807) is 48.5 Å². The fraction of sp³-hybridized carbons (Fsp3) is 0.0645. The number of halogens is 3. The number of urea groups is 1. The molecular weight excluding hydrogens is 659 g/mol. The van der Waals surface area contributed by atoms with E-state index in [1.807, 2.05) is 30.3 Å². The Kier molecular flexibility index (Phi) is 8.61. The molecule has 0 saturated carbocycles. The van der Waals surface area contributed by atoms with Gasteiger partial charge in [0.05, 0.1) is 14.6 Å². The lowest BCUT2D eigenvalue weighted by molar-refractivity contribution is -0.122. The maximum Gasteiger partial charge on any atom is 0.335 e. The minimum absolute atomic E-state index is 0.128. The number of barbiturate groups is 1. The summed E-state index contributed by atoms with van der Waals surface area (Å²) in [5, 5.41) is 2.22. The standard InChI is InChI=1S/C31H21Br2FN2O5/c32-26-15-21(16-27(33)28(26)41-18-20-7-4-8-22(34)13-20)14-25-29(37)35-31(39)36(30(25)38)23-9-11-24(12-10-23)40-17-19-5-2-1-3-6-19/h1-16H,17-18H2,(H,35,37,39)/b25-14+. The number of imide groups is 2. The molecule has 1 heterocycles. The molecule has 5 rings (SSSR count). The van der Waals surface area contributed by atoms with Crippen molar-refractivity contribution in [2.75, 3.05) is 4.90 Å². The molecule has 41 heavy (non-hydrogen) atoms. The smallest absolute Gasteiger partial charge is 0.335 e. The summed E-state index contributed by atoms with van der Waals surface area (Å²) in [4.78, 5) is 39.5. The lowest BCUT2D eigenvalue weighted by atomic mass is 10.1. The predicted molar refractivity (Wildman–Crippen MR) is 159 cm³/mol. The van der Waals surface area contributed by atoms with Crippen LogP contribution in [-0.4, -0.2) is 17.8 Å². The molecule has 0 radical (unpaired) electrons. The number of nitrogens with zero attached hydrogens (tertiary/aromatic N) is 1. The molecule has 1 N–H and O–H groups in total. The second-order valence-corrected chi connectivity index (χ2v) is 10.7. The quantitative estimate of drug-likeness (QED) is 0.158. The normalized spacial score (nSPS) is 14.3. The first-order chi connectivity index (χ1) is 19.8. The van der Waals surface area contributed by atoms with Gasteiger partial charge in [0, 0.05) is 0 Å². The van der Waals surface area contributed by atoms with E-state index in [4.69, 9.17) is 9.47 Å². The van der Waals surface area contributed by atoms with Gasteiger partial charge >= 0.3 is 6.03 Å². The van der Waals surface area contributed by atoms with E-state index < -0.39 is 17.8 Å². The Labute approximate surface area is 251 Å². The van der Waals surface area contributed by atoms with Crippen molar-refractivity contribution in [1.82, 2.24) is 5.32 Å². The van der Waals surface area contributed by atoms with Crippen molar-refractivity contribution in [2.24, 2.45) is 0 Å². The maximum atomic E-state index is 13.5. The summed E-state index contributed by atoms with van der Waals surface area (Å²) in [5.41, 5.74) is 2.21. The van der Waals surface area contributed by atoms with Crippen molar-refractivity contribution in [3.05, 3.63) is 128 Å². The van der Waals surface area contributed by atoms with Gasteiger partial charge in [-0.25, -0.2) is 14.1 Å². The number of ether oxygens (including phenoxy) is 2. The van der Waals surface area contributed by atoms with Crippen LogP contribution in [0.2, 0.25) is 0 Å². The highest BCUT2D eigenvalue weighted by molar-refractivity contribution is 9.11. The molecule has 4 aromatic rings. The molecule has 1 aliphatic heterocycles. The molecule has 7 nitrogen and oxygen atoms in total. The summed E-state index contributed by atoms with van der Waals surface area (Å²) in [7, 11) is 0. The van der Waals surface area contributed by atoms with Gasteiger partial charge in [0.15, 0.2) is 0 Å². The first-order valence-electron chi connectivity index (χ1n) is 12.3.